The molecule has 0 aromatic carbocycles. The molecule has 2 heterocycles. The number of carbonyl (C=O) groups excluding carboxylic acids is 1. The number of H-pyrrole nitrogens is 2. The minimum atomic E-state index is -0.266. The molecule has 1 fully saturated rings. The molecular weight excluding hydrogens is 278 g/mol. The Morgan fingerprint density at radius 2 is 2.30 bits per heavy atom. The number of hydrogen-bond donors (Lipinski definition) is 3. The number of nitrogens with one attached hydrogen (secondary N) is 3. The third-order valence-corrected chi connectivity index (χ3v) is 3.43. The van der Waals surface area contributed by atoms with Gasteiger partial charge >= 0.3 is 0 Å². The normalized spacial score (nSPS) is 14.2. The first-order valence-corrected chi connectivity index (χ1v) is 6.68. The highest BCUT2D eigenvalue weighted by Crippen LogP contribution is 2.35. The molecule has 3 rings (SSSR count). The molecule has 2 aromatic heterocycles. The topological polar surface area (TPSA) is 95.6 Å². The Morgan fingerprint density at radius 1 is 1.50 bits per heavy atom. The number of amides is 1. The summed E-state index contributed by atoms with van der Waals surface area (Å²) in [4.78, 5) is 25.3. The van der Waals surface area contributed by atoms with E-state index in [0.29, 0.717) is 22.9 Å². The van der Waals surface area contributed by atoms with Crippen LogP contribution in [0.4, 0.5) is 0 Å². The highest BCUT2D eigenvalue weighted by Gasteiger charge is 2.27. The minimum absolute atomic E-state index is 0.240. The molecule has 1 aliphatic carbocycles. The fraction of sp³-hybridized carbons (Fsp3) is 0.333. The van der Waals surface area contributed by atoms with Crippen molar-refractivity contribution in [3.05, 3.63) is 44.8 Å². The van der Waals surface area contributed by atoms with Crippen molar-refractivity contribution in [3.63, 3.8) is 0 Å². The highest BCUT2D eigenvalue weighted by atomic mass is 32.1. The molecule has 7 nitrogen and oxygen atoms in total. The molecule has 104 valence electrons. The lowest BCUT2D eigenvalue weighted by molar-refractivity contribution is 0.0949. The third-order valence-electron chi connectivity index (χ3n) is 3.14. The smallest absolute Gasteiger partial charge is 0.253 e. The molecule has 20 heavy (non-hydrogen) atoms. The Morgan fingerprint density at radius 3 is 2.95 bits per heavy atom. The van der Waals surface area contributed by atoms with Crippen LogP contribution in [0.1, 0.15) is 35.1 Å². The molecule has 3 N–H and O–H groups in total. The average Bonchev–Trinajstić information content (AvgIpc) is 3.21. The Balaban J connectivity index is 1.70. The minimum Gasteiger partial charge on any atom is -0.345 e. The van der Waals surface area contributed by atoms with Crippen LogP contribution in [0.5, 0.6) is 0 Å². The van der Waals surface area contributed by atoms with Gasteiger partial charge in [0.05, 0.1) is 12.1 Å². The lowest BCUT2D eigenvalue weighted by Gasteiger charge is -2.06. The fourth-order valence-corrected chi connectivity index (χ4v) is 2.28. The average molecular weight is 291 g/mol. The summed E-state index contributed by atoms with van der Waals surface area (Å²) in [5, 5.41) is 9.64. The maximum absolute atomic E-state index is 11.9. The molecule has 0 unspecified atom stereocenters. The number of carbonyl (C=O) groups is 1. The summed E-state index contributed by atoms with van der Waals surface area (Å²) in [6.07, 6.45) is 3.57. The summed E-state index contributed by atoms with van der Waals surface area (Å²) in [5.41, 5.74) is 0.160. The molecule has 0 radical (unpaired) electrons. The van der Waals surface area contributed by atoms with E-state index in [4.69, 9.17) is 12.2 Å². The van der Waals surface area contributed by atoms with Gasteiger partial charge in [-0.3, -0.25) is 19.3 Å². The molecule has 0 spiro atoms. The lowest BCUT2D eigenvalue weighted by atomic mass is 10.2. The Kier molecular flexibility index (Phi) is 3.23. The van der Waals surface area contributed by atoms with Crippen LogP contribution in [0.2, 0.25) is 0 Å². The van der Waals surface area contributed by atoms with Gasteiger partial charge in [0.1, 0.15) is 0 Å². The molecule has 0 aliphatic heterocycles. The number of aromatic nitrogens is 4. The second kappa shape index (κ2) is 5.04. The van der Waals surface area contributed by atoms with E-state index in [-0.39, 0.29) is 11.5 Å². The molecule has 0 bridgehead atoms. The van der Waals surface area contributed by atoms with Crippen LogP contribution in [0, 0.1) is 4.77 Å². The van der Waals surface area contributed by atoms with Gasteiger partial charge in [-0.2, -0.15) is 5.10 Å². The molecule has 2 aromatic rings. The van der Waals surface area contributed by atoms with Crippen molar-refractivity contribution >= 4 is 18.1 Å². The van der Waals surface area contributed by atoms with E-state index in [0.717, 1.165) is 18.7 Å². The first-order valence-electron chi connectivity index (χ1n) is 6.28. The van der Waals surface area contributed by atoms with E-state index < -0.39 is 0 Å². The van der Waals surface area contributed by atoms with Gasteiger partial charge < -0.3 is 10.3 Å². The standard InChI is InChI=1S/C12H13N5O2S/c18-10-4-1-7(5-13-10)11(19)14-6-9-15-16-12(20)17(9)8-2-3-8/h1,4-5,8H,2-3,6H2,(H,13,18)(H,14,19)(H,16,20). The van der Waals surface area contributed by atoms with Crippen LogP contribution >= 0.6 is 12.2 Å². The summed E-state index contributed by atoms with van der Waals surface area (Å²) in [5.74, 6) is 0.452. The van der Waals surface area contributed by atoms with Crippen molar-refractivity contribution in [1.82, 2.24) is 25.1 Å². The molecule has 0 saturated heterocycles. The van der Waals surface area contributed by atoms with Crippen molar-refractivity contribution in [2.24, 2.45) is 0 Å². The van der Waals surface area contributed by atoms with Crippen LogP contribution in [-0.2, 0) is 6.54 Å². The molecular formula is C12H13N5O2S. The maximum atomic E-state index is 11.9. The first-order chi connectivity index (χ1) is 9.65. The summed E-state index contributed by atoms with van der Waals surface area (Å²) in [7, 11) is 0. The predicted molar refractivity (Wildman–Crippen MR) is 73.9 cm³/mol. The van der Waals surface area contributed by atoms with E-state index in [1.807, 2.05) is 4.57 Å². The van der Waals surface area contributed by atoms with Gasteiger partial charge in [-0.25, -0.2) is 0 Å². The highest BCUT2D eigenvalue weighted by molar-refractivity contribution is 7.71. The summed E-state index contributed by atoms with van der Waals surface area (Å²) < 4.78 is 2.53. The molecule has 1 amide bonds. The number of hydrogen-bond acceptors (Lipinski definition) is 4. The second-order valence-electron chi connectivity index (χ2n) is 4.67. The number of aromatic amines is 2. The van der Waals surface area contributed by atoms with Crippen molar-refractivity contribution in [2.45, 2.75) is 25.4 Å². The van der Waals surface area contributed by atoms with E-state index in [1.54, 1.807) is 0 Å². The van der Waals surface area contributed by atoms with Crippen molar-refractivity contribution in [3.8, 4) is 0 Å². The Labute approximate surface area is 119 Å². The third kappa shape index (κ3) is 2.55. The fourth-order valence-electron chi connectivity index (χ4n) is 1.98. The van der Waals surface area contributed by atoms with Gasteiger partial charge in [0.2, 0.25) is 5.56 Å². The molecule has 1 aliphatic rings. The van der Waals surface area contributed by atoms with E-state index in [1.165, 1.54) is 18.3 Å². The molecule has 8 heteroatoms. The van der Waals surface area contributed by atoms with Gasteiger partial charge in [-0.05, 0) is 31.1 Å². The van der Waals surface area contributed by atoms with Crippen LogP contribution < -0.4 is 10.9 Å². The van der Waals surface area contributed by atoms with E-state index in [2.05, 4.69) is 20.5 Å². The van der Waals surface area contributed by atoms with Crippen LogP contribution in [-0.4, -0.2) is 25.7 Å². The first kappa shape index (κ1) is 12.8. The second-order valence-corrected chi connectivity index (χ2v) is 5.06. The van der Waals surface area contributed by atoms with Crippen LogP contribution in [0.25, 0.3) is 0 Å². The monoisotopic (exact) mass is 291 g/mol. The summed E-state index contributed by atoms with van der Waals surface area (Å²) in [6.45, 7) is 0.293. The van der Waals surface area contributed by atoms with Gasteiger partial charge in [-0.1, -0.05) is 0 Å². The lowest BCUT2D eigenvalue weighted by Crippen LogP contribution is -2.25. The predicted octanol–water partition coefficient (Wildman–Crippen LogP) is 0.894. The van der Waals surface area contributed by atoms with Crippen molar-refractivity contribution in [2.75, 3.05) is 0 Å². The van der Waals surface area contributed by atoms with E-state index in [9.17, 15) is 9.59 Å². The SMILES string of the molecule is O=C(NCc1n[nH]c(=S)n1C1CC1)c1ccc(=O)[nH]c1. The van der Waals surface area contributed by atoms with Crippen LogP contribution in [0.15, 0.2) is 23.1 Å². The summed E-state index contributed by atoms with van der Waals surface area (Å²) >= 11 is 5.17. The Bertz CT molecular complexity index is 735. The van der Waals surface area contributed by atoms with E-state index >= 15 is 0 Å². The molecule has 1 saturated carbocycles. The number of rotatable bonds is 4. The zero-order valence-corrected chi connectivity index (χ0v) is 11.4. The quantitative estimate of drug-likeness (QED) is 0.729. The Hall–Kier alpha value is -2.22. The number of pyridine rings is 1. The van der Waals surface area contributed by atoms with Gasteiger partial charge in [0.25, 0.3) is 5.91 Å². The van der Waals surface area contributed by atoms with Crippen molar-refractivity contribution < 1.29 is 4.79 Å². The zero-order chi connectivity index (χ0) is 14.1. The van der Waals surface area contributed by atoms with Gasteiger partial charge in [0, 0.05) is 18.3 Å². The maximum Gasteiger partial charge on any atom is 0.253 e. The van der Waals surface area contributed by atoms with Crippen molar-refractivity contribution in [1.29, 1.82) is 0 Å². The zero-order valence-electron chi connectivity index (χ0n) is 10.5. The largest absolute Gasteiger partial charge is 0.345 e. The van der Waals surface area contributed by atoms with Gasteiger partial charge in [-0.15, -0.1) is 0 Å². The molecule has 0 atom stereocenters. The summed E-state index contributed by atoms with van der Waals surface area (Å²) in [6, 6.07) is 3.20. The van der Waals surface area contributed by atoms with Crippen LogP contribution in [0.3, 0.4) is 0 Å². The number of nitrogens with zero attached hydrogens (tertiary/aromatic N) is 2. The van der Waals surface area contributed by atoms with Gasteiger partial charge in [0.15, 0.2) is 10.6 Å².